The number of rotatable bonds is 2. The Hall–Kier alpha value is -2.20. The summed E-state index contributed by atoms with van der Waals surface area (Å²) in [5, 5.41) is 7.12. The topological polar surface area (TPSA) is 70.1 Å². The van der Waals surface area contributed by atoms with E-state index in [1.807, 2.05) is 24.1 Å². The summed E-state index contributed by atoms with van der Waals surface area (Å²) in [4.78, 5) is 24.8. The summed E-state index contributed by atoms with van der Waals surface area (Å²) < 4.78 is 50.6. The molecule has 1 amide bonds. The number of ether oxygens (including phenoxy) is 1. The van der Waals surface area contributed by atoms with Crippen molar-refractivity contribution < 1.29 is 37.0 Å². The molecule has 162 valence electrons. The molecule has 0 bridgehead atoms. The Morgan fingerprint density at radius 3 is 2.24 bits per heavy atom. The summed E-state index contributed by atoms with van der Waals surface area (Å²) in [6, 6.07) is 6.81. The van der Waals surface area contributed by atoms with E-state index in [2.05, 4.69) is 11.8 Å². The third-order valence-electron chi connectivity index (χ3n) is 5.48. The maximum absolute atomic E-state index is 13.0. The number of carbonyl (C=O) groups is 2. The monoisotopic (exact) mass is 420 g/mol. The van der Waals surface area contributed by atoms with Gasteiger partial charge in [0.15, 0.2) is 0 Å². The van der Waals surface area contributed by atoms with Crippen LogP contribution < -0.4 is 0 Å². The number of hydrogen-bond donors (Lipinski definition) is 1. The highest BCUT2D eigenvalue weighted by molar-refractivity contribution is 5.78. The van der Waals surface area contributed by atoms with Crippen molar-refractivity contribution in [2.24, 2.45) is 0 Å². The van der Waals surface area contributed by atoms with Gasteiger partial charge in [-0.2, -0.15) is 13.2 Å². The number of morpholine rings is 1. The Morgan fingerprint density at radius 2 is 1.76 bits per heavy atom. The van der Waals surface area contributed by atoms with Crippen molar-refractivity contribution in [3.63, 3.8) is 0 Å². The van der Waals surface area contributed by atoms with Gasteiger partial charge in [0.2, 0.25) is 5.91 Å². The number of carboxylic acids is 1. The maximum Gasteiger partial charge on any atom is 0.490 e. The van der Waals surface area contributed by atoms with Crippen LogP contribution in [0, 0.1) is 5.82 Å². The number of nitrogens with zero attached hydrogens (tertiary/aromatic N) is 2. The number of piperidine rings is 1. The SMILES string of the molecule is CC1N(C)C(=O)COC12CCN(Cc1ccc(F)cc1)CC2.O=C(O)C(F)(F)F. The molecule has 6 nitrogen and oxygen atoms in total. The van der Waals surface area contributed by atoms with Crippen LogP contribution in [0.25, 0.3) is 0 Å². The van der Waals surface area contributed by atoms with Crippen LogP contribution in [-0.2, 0) is 20.9 Å². The number of alkyl halides is 3. The largest absolute Gasteiger partial charge is 0.490 e. The van der Waals surface area contributed by atoms with Crippen molar-refractivity contribution in [2.45, 2.75) is 44.1 Å². The molecule has 29 heavy (non-hydrogen) atoms. The molecule has 0 radical (unpaired) electrons. The van der Waals surface area contributed by atoms with Crippen molar-refractivity contribution in [2.75, 3.05) is 26.7 Å². The summed E-state index contributed by atoms with van der Waals surface area (Å²) in [6.45, 7) is 4.97. The van der Waals surface area contributed by atoms with Crippen LogP contribution in [-0.4, -0.2) is 71.3 Å². The zero-order chi connectivity index (χ0) is 21.8. The van der Waals surface area contributed by atoms with E-state index in [4.69, 9.17) is 14.6 Å². The average molecular weight is 420 g/mol. The summed E-state index contributed by atoms with van der Waals surface area (Å²) >= 11 is 0. The molecule has 2 fully saturated rings. The van der Waals surface area contributed by atoms with Gasteiger partial charge in [0.25, 0.3) is 0 Å². The summed E-state index contributed by atoms with van der Waals surface area (Å²) in [7, 11) is 1.86. The predicted molar refractivity (Wildman–Crippen MR) is 95.5 cm³/mol. The normalized spacial score (nSPS) is 22.2. The molecule has 3 rings (SSSR count). The summed E-state index contributed by atoms with van der Waals surface area (Å²) in [5.74, 6) is -2.89. The number of hydrogen-bond acceptors (Lipinski definition) is 4. The van der Waals surface area contributed by atoms with Gasteiger partial charge in [-0.1, -0.05) is 12.1 Å². The first-order valence-electron chi connectivity index (χ1n) is 9.11. The molecule has 2 heterocycles. The highest BCUT2D eigenvalue weighted by Gasteiger charge is 2.46. The first-order valence-corrected chi connectivity index (χ1v) is 9.11. The minimum Gasteiger partial charge on any atom is -0.475 e. The molecule has 1 unspecified atom stereocenters. The first-order chi connectivity index (χ1) is 13.4. The van der Waals surface area contributed by atoms with Gasteiger partial charge in [0.1, 0.15) is 12.4 Å². The van der Waals surface area contributed by atoms with Crippen molar-refractivity contribution in [1.29, 1.82) is 0 Å². The number of likely N-dealkylation sites (tertiary alicyclic amines) is 1. The van der Waals surface area contributed by atoms with Crippen LogP contribution in [0.5, 0.6) is 0 Å². The van der Waals surface area contributed by atoms with Gasteiger partial charge < -0.3 is 14.7 Å². The van der Waals surface area contributed by atoms with E-state index in [1.54, 1.807) is 0 Å². The molecule has 1 N–H and O–H groups in total. The molecule has 1 spiro atoms. The van der Waals surface area contributed by atoms with E-state index in [1.165, 1.54) is 12.1 Å². The molecule has 2 aliphatic heterocycles. The lowest BCUT2D eigenvalue weighted by atomic mass is 9.83. The lowest BCUT2D eigenvalue weighted by Crippen LogP contribution is -2.62. The number of halogens is 4. The number of benzene rings is 1. The molecule has 0 aromatic heterocycles. The lowest BCUT2D eigenvalue weighted by Gasteiger charge is -2.50. The Kier molecular flexibility index (Phi) is 7.23. The van der Waals surface area contributed by atoms with Gasteiger partial charge in [-0.25, -0.2) is 9.18 Å². The molecule has 2 aliphatic rings. The Bertz CT molecular complexity index is 716. The van der Waals surface area contributed by atoms with E-state index >= 15 is 0 Å². The third-order valence-corrected chi connectivity index (χ3v) is 5.48. The highest BCUT2D eigenvalue weighted by atomic mass is 19.4. The predicted octanol–water partition coefficient (Wildman–Crippen LogP) is 2.67. The second-order valence-corrected chi connectivity index (χ2v) is 7.24. The summed E-state index contributed by atoms with van der Waals surface area (Å²) in [5.41, 5.74) is 0.921. The fourth-order valence-electron chi connectivity index (χ4n) is 3.50. The van der Waals surface area contributed by atoms with Crippen molar-refractivity contribution in [1.82, 2.24) is 9.80 Å². The van der Waals surface area contributed by atoms with E-state index in [-0.39, 0.29) is 30.0 Å². The van der Waals surface area contributed by atoms with Crippen LogP contribution >= 0.6 is 0 Å². The van der Waals surface area contributed by atoms with Gasteiger partial charge in [0, 0.05) is 26.7 Å². The number of aliphatic carboxylic acids is 1. The standard InChI is InChI=1S/C17H23FN2O2.C2HF3O2/c1-13-17(22-12-16(21)19(13)2)7-9-20(10-8-17)11-14-3-5-15(18)6-4-14;3-2(4,5)1(6)7/h3-6,13H,7-12H2,1-2H3;(H,6,7). The molecule has 2 saturated heterocycles. The quantitative estimate of drug-likeness (QED) is 0.745. The molecular formula is C19H24F4N2O4. The molecule has 10 heteroatoms. The van der Waals surface area contributed by atoms with Crippen LogP contribution in [0.1, 0.15) is 25.3 Å². The zero-order valence-corrected chi connectivity index (χ0v) is 16.2. The molecular weight excluding hydrogens is 396 g/mol. The zero-order valence-electron chi connectivity index (χ0n) is 16.2. The fraction of sp³-hybridized carbons (Fsp3) is 0.579. The first kappa shape index (κ1) is 23.1. The van der Waals surface area contributed by atoms with Crippen LogP contribution in [0.15, 0.2) is 24.3 Å². The Labute approximate surface area is 166 Å². The van der Waals surface area contributed by atoms with Crippen LogP contribution in [0.4, 0.5) is 17.6 Å². The van der Waals surface area contributed by atoms with Gasteiger partial charge in [-0.05, 0) is 37.5 Å². The molecule has 1 aromatic rings. The Morgan fingerprint density at radius 1 is 1.24 bits per heavy atom. The van der Waals surface area contributed by atoms with Crippen molar-refractivity contribution in [3.05, 3.63) is 35.6 Å². The van der Waals surface area contributed by atoms with Crippen LogP contribution in [0.2, 0.25) is 0 Å². The molecule has 1 atom stereocenters. The number of carbonyl (C=O) groups excluding carboxylic acids is 1. The van der Waals surface area contributed by atoms with E-state index in [9.17, 15) is 22.4 Å². The maximum atomic E-state index is 13.0. The van der Waals surface area contributed by atoms with E-state index in [0.29, 0.717) is 0 Å². The van der Waals surface area contributed by atoms with Gasteiger partial charge >= 0.3 is 12.1 Å². The number of likely N-dealkylation sites (N-methyl/N-ethyl adjacent to an activating group) is 1. The highest BCUT2D eigenvalue weighted by Crippen LogP contribution is 2.35. The Balaban J connectivity index is 0.000000370. The number of carboxylic acid groups (broad SMARTS) is 1. The summed E-state index contributed by atoms with van der Waals surface area (Å²) in [6.07, 6.45) is -3.24. The minimum absolute atomic E-state index is 0.0619. The van der Waals surface area contributed by atoms with E-state index in [0.717, 1.165) is 38.0 Å². The fourth-order valence-corrected chi connectivity index (χ4v) is 3.50. The van der Waals surface area contributed by atoms with Gasteiger partial charge in [-0.15, -0.1) is 0 Å². The average Bonchev–Trinajstić information content (AvgIpc) is 2.67. The molecule has 0 aliphatic carbocycles. The second kappa shape index (κ2) is 9.08. The van der Waals surface area contributed by atoms with Crippen molar-refractivity contribution >= 4 is 11.9 Å². The van der Waals surface area contributed by atoms with E-state index < -0.39 is 12.1 Å². The second-order valence-electron chi connectivity index (χ2n) is 7.24. The lowest BCUT2D eigenvalue weighted by molar-refractivity contribution is -0.192. The van der Waals surface area contributed by atoms with Gasteiger partial charge in [0.05, 0.1) is 11.6 Å². The molecule has 1 aromatic carbocycles. The van der Waals surface area contributed by atoms with Crippen LogP contribution in [0.3, 0.4) is 0 Å². The minimum atomic E-state index is -5.08. The van der Waals surface area contributed by atoms with Gasteiger partial charge in [-0.3, -0.25) is 9.69 Å². The third kappa shape index (κ3) is 5.89. The smallest absolute Gasteiger partial charge is 0.475 e. The van der Waals surface area contributed by atoms with Crippen molar-refractivity contribution in [3.8, 4) is 0 Å². The number of amides is 1. The molecule has 0 saturated carbocycles.